The zero-order valence-corrected chi connectivity index (χ0v) is 10.4. The molecule has 0 atom stereocenters. The largest absolute Gasteiger partial charge is 0.490 e. The summed E-state index contributed by atoms with van der Waals surface area (Å²) in [7, 11) is 0. The molecule has 1 aliphatic rings. The highest BCUT2D eigenvalue weighted by Gasteiger charge is 2.14. The number of nitrogens with zero attached hydrogens (tertiary/aromatic N) is 1. The van der Waals surface area contributed by atoms with E-state index in [1.54, 1.807) is 0 Å². The lowest BCUT2D eigenvalue weighted by Crippen LogP contribution is -2.19. The molecule has 3 nitrogen and oxygen atoms in total. The third kappa shape index (κ3) is 4.00. The van der Waals surface area contributed by atoms with Gasteiger partial charge in [-0.15, -0.1) is 0 Å². The summed E-state index contributed by atoms with van der Waals surface area (Å²) in [6.45, 7) is 0.718. The Labute approximate surface area is 103 Å². The summed E-state index contributed by atoms with van der Waals surface area (Å²) >= 11 is 0. The molecule has 1 saturated carbocycles. The summed E-state index contributed by atoms with van der Waals surface area (Å²) in [6.07, 6.45) is 10.5. The van der Waals surface area contributed by atoms with Crippen LogP contribution in [0, 0.1) is 0 Å². The molecular weight excluding hydrogens is 212 g/mol. The summed E-state index contributed by atoms with van der Waals surface area (Å²) < 4.78 is 6.00. The predicted molar refractivity (Wildman–Crippen MR) is 69.1 cm³/mol. The van der Waals surface area contributed by atoms with Crippen molar-refractivity contribution in [3.8, 4) is 5.75 Å². The molecule has 0 unspecified atom stereocenters. The molecule has 0 saturated heterocycles. The van der Waals surface area contributed by atoms with Crippen molar-refractivity contribution in [2.45, 2.75) is 51.0 Å². The summed E-state index contributed by atoms with van der Waals surface area (Å²) in [5.74, 6) is 0.971. The van der Waals surface area contributed by atoms with Crippen LogP contribution in [-0.4, -0.2) is 17.6 Å². The molecule has 0 bridgehead atoms. The first-order chi connectivity index (χ1) is 8.38. The molecule has 0 aliphatic heterocycles. The van der Waals surface area contributed by atoms with Gasteiger partial charge in [0, 0.05) is 18.0 Å². The Morgan fingerprint density at radius 3 is 2.88 bits per heavy atom. The fourth-order valence-corrected chi connectivity index (χ4v) is 2.32. The maximum Gasteiger partial charge on any atom is 0.123 e. The molecule has 2 rings (SSSR count). The van der Waals surface area contributed by atoms with Crippen molar-refractivity contribution in [1.82, 2.24) is 4.98 Å². The second-order valence-corrected chi connectivity index (χ2v) is 4.75. The SMILES string of the molecule is NCCCc1cc(OC2CCCCC2)ccn1. The van der Waals surface area contributed by atoms with Crippen LogP contribution in [-0.2, 0) is 6.42 Å². The van der Waals surface area contributed by atoms with E-state index in [1.807, 2.05) is 12.3 Å². The highest BCUT2D eigenvalue weighted by Crippen LogP contribution is 2.23. The van der Waals surface area contributed by atoms with Gasteiger partial charge < -0.3 is 10.5 Å². The lowest BCUT2D eigenvalue weighted by atomic mass is 9.98. The van der Waals surface area contributed by atoms with E-state index < -0.39 is 0 Å². The highest BCUT2D eigenvalue weighted by molar-refractivity contribution is 5.23. The fraction of sp³-hybridized carbons (Fsp3) is 0.643. The Morgan fingerprint density at radius 2 is 2.12 bits per heavy atom. The summed E-state index contributed by atoms with van der Waals surface area (Å²) in [4.78, 5) is 4.33. The number of nitrogens with two attached hydrogens (primary N) is 1. The van der Waals surface area contributed by atoms with E-state index in [1.165, 1.54) is 32.1 Å². The minimum Gasteiger partial charge on any atom is -0.490 e. The predicted octanol–water partition coefficient (Wildman–Crippen LogP) is 2.68. The van der Waals surface area contributed by atoms with Gasteiger partial charge in [0.1, 0.15) is 5.75 Å². The smallest absolute Gasteiger partial charge is 0.123 e. The van der Waals surface area contributed by atoms with Crippen molar-refractivity contribution in [3.63, 3.8) is 0 Å². The number of hydrogen-bond donors (Lipinski definition) is 1. The zero-order valence-electron chi connectivity index (χ0n) is 10.4. The topological polar surface area (TPSA) is 48.1 Å². The lowest BCUT2D eigenvalue weighted by molar-refractivity contribution is 0.154. The van der Waals surface area contributed by atoms with Crippen LogP contribution in [0.5, 0.6) is 5.75 Å². The molecule has 0 amide bonds. The molecule has 3 heteroatoms. The molecule has 94 valence electrons. The number of aryl methyl sites for hydroxylation is 1. The fourth-order valence-electron chi connectivity index (χ4n) is 2.32. The lowest BCUT2D eigenvalue weighted by Gasteiger charge is -2.23. The zero-order chi connectivity index (χ0) is 11.9. The molecule has 2 N–H and O–H groups in total. The standard InChI is InChI=1S/C14H22N2O/c15-9-4-5-12-11-14(8-10-16-12)17-13-6-2-1-3-7-13/h8,10-11,13H,1-7,9,15H2. The van der Waals surface area contributed by atoms with Gasteiger partial charge in [0.2, 0.25) is 0 Å². The maximum atomic E-state index is 6.00. The van der Waals surface area contributed by atoms with Crippen molar-refractivity contribution in [1.29, 1.82) is 0 Å². The Morgan fingerprint density at radius 1 is 1.29 bits per heavy atom. The number of pyridine rings is 1. The van der Waals surface area contributed by atoms with Crippen LogP contribution in [0.1, 0.15) is 44.2 Å². The van der Waals surface area contributed by atoms with Crippen LogP contribution in [0.25, 0.3) is 0 Å². The van der Waals surface area contributed by atoms with Gasteiger partial charge in [0.05, 0.1) is 6.10 Å². The molecule has 1 aromatic heterocycles. The van der Waals surface area contributed by atoms with Crippen LogP contribution in [0.3, 0.4) is 0 Å². The first kappa shape index (κ1) is 12.4. The van der Waals surface area contributed by atoms with Gasteiger partial charge in [-0.2, -0.15) is 0 Å². The quantitative estimate of drug-likeness (QED) is 0.852. The van der Waals surface area contributed by atoms with Crippen LogP contribution >= 0.6 is 0 Å². The van der Waals surface area contributed by atoms with Gasteiger partial charge >= 0.3 is 0 Å². The van der Waals surface area contributed by atoms with Crippen LogP contribution in [0.2, 0.25) is 0 Å². The average Bonchev–Trinajstić information content (AvgIpc) is 2.38. The second-order valence-electron chi connectivity index (χ2n) is 4.75. The van der Waals surface area contributed by atoms with E-state index in [-0.39, 0.29) is 0 Å². The molecule has 1 fully saturated rings. The second kappa shape index (κ2) is 6.60. The molecule has 1 heterocycles. The van der Waals surface area contributed by atoms with Gasteiger partial charge in [-0.05, 0) is 51.1 Å². The minimum atomic E-state index is 0.411. The van der Waals surface area contributed by atoms with Crippen LogP contribution < -0.4 is 10.5 Å². The molecule has 17 heavy (non-hydrogen) atoms. The Balaban J connectivity index is 1.90. The minimum absolute atomic E-state index is 0.411. The summed E-state index contributed by atoms with van der Waals surface area (Å²) in [5.41, 5.74) is 6.59. The van der Waals surface area contributed by atoms with Crippen molar-refractivity contribution < 1.29 is 4.74 Å². The van der Waals surface area contributed by atoms with Crippen LogP contribution in [0.15, 0.2) is 18.3 Å². The van der Waals surface area contributed by atoms with Crippen molar-refractivity contribution in [2.75, 3.05) is 6.54 Å². The van der Waals surface area contributed by atoms with Gasteiger partial charge in [-0.25, -0.2) is 0 Å². The molecular formula is C14H22N2O. The maximum absolute atomic E-state index is 6.00. The van der Waals surface area contributed by atoms with E-state index in [0.29, 0.717) is 6.10 Å². The molecule has 0 aromatic carbocycles. The summed E-state index contributed by atoms with van der Waals surface area (Å²) in [6, 6.07) is 4.02. The first-order valence-electron chi connectivity index (χ1n) is 6.70. The number of hydrogen-bond acceptors (Lipinski definition) is 3. The van der Waals surface area contributed by atoms with Gasteiger partial charge in [0.15, 0.2) is 0 Å². The van der Waals surface area contributed by atoms with Crippen molar-refractivity contribution in [2.24, 2.45) is 5.73 Å². The Hall–Kier alpha value is -1.09. The third-order valence-corrected chi connectivity index (χ3v) is 3.28. The van der Waals surface area contributed by atoms with Crippen molar-refractivity contribution in [3.05, 3.63) is 24.0 Å². The molecule has 1 aliphatic carbocycles. The van der Waals surface area contributed by atoms with Gasteiger partial charge in [-0.1, -0.05) is 6.42 Å². The third-order valence-electron chi connectivity index (χ3n) is 3.28. The van der Waals surface area contributed by atoms with Crippen molar-refractivity contribution >= 4 is 0 Å². The van der Waals surface area contributed by atoms with E-state index in [9.17, 15) is 0 Å². The van der Waals surface area contributed by atoms with E-state index in [0.717, 1.165) is 30.8 Å². The number of aromatic nitrogens is 1. The summed E-state index contributed by atoms with van der Waals surface area (Å²) in [5, 5.41) is 0. The van der Waals surface area contributed by atoms with Crippen LogP contribution in [0.4, 0.5) is 0 Å². The van der Waals surface area contributed by atoms with Gasteiger partial charge in [-0.3, -0.25) is 4.98 Å². The molecule has 1 aromatic rings. The number of rotatable bonds is 5. The molecule has 0 spiro atoms. The Bertz CT molecular complexity index is 335. The van der Waals surface area contributed by atoms with E-state index >= 15 is 0 Å². The van der Waals surface area contributed by atoms with E-state index in [2.05, 4.69) is 11.1 Å². The number of ether oxygens (including phenoxy) is 1. The monoisotopic (exact) mass is 234 g/mol. The average molecular weight is 234 g/mol. The van der Waals surface area contributed by atoms with Gasteiger partial charge in [0.25, 0.3) is 0 Å². The van der Waals surface area contributed by atoms with E-state index in [4.69, 9.17) is 10.5 Å². The highest BCUT2D eigenvalue weighted by atomic mass is 16.5. The molecule has 0 radical (unpaired) electrons. The normalized spacial score (nSPS) is 17.0. The Kier molecular flexibility index (Phi) is 4.80. The first-order valence-corrected chi connectivity index (χ1v) is 6.70.